The Hall–Kier alpha value is -2.28. The van der Waals surface area contributed by atoms with Crippen LogP contribution < -0.4 is 0 Å². The average molecular weight is 329 g/mol. The summed E-state index contributed by atoms with van der Waals surface area (Å²) in [6, 6.07) is 9.02. The number of likely N-dealkylation sites (N-methyl/N-ethyl adjacent to an activating group) is 1. The SMILES string of the molecule is CC(C(=O)N(C)CC1CCCC1O)n1nnc(-c2ccccc2)n1. The standard InChI is InChI=1S/C17H23N5O2/c1-12(17(24)21(2)11-14-9-6-10-15(14)23)22-19-16(18-20-22)13-7-4-3-5-8-13/h3-5,7-8,12,14-15,23H,6,9-11H2,1-2H3. The van der Waals surface area contributed by atoms with Crippen molar-refractivity contribution in [3.8, 4) is 11.4 Å². The number of rotatable bonds is 5. The number of nitrogens with zero attached hydrogens (tertiary/aromatic N) is 5. The molecule has 1 aliphatic carbocycles. The minimum absolute atomic E-state index is 0.0777. The van der Waals surface area contributed by atoms with Crippen molar-refractivity contribution in [3.05, 3.63) is 30.3 Å². The number of hydrogen-bond donors (Lipinski definition) is 1. The van der Waals surface area contributed by atoms with Crippen LogP contribution in [0.25, 0.3) is 11.4 Å². The molecule has 1 aromatic heterocycles. The average Bonchev–Trinajstić information content (AvgIpc) is 3.24. The Morgan fingerprint density at radius 3 is 2.79 bits per heavy atom. The molecule has 1 heterocycles. The molecule has 3 unspecified atom stereocenters. The molecule has 1 fully saturated rings. The van der Waals surface area contributed by atoms with Gasteiger partial charge in [0, 0.05) is 25.1 Å². The Labute approximate surface area is 141 Å². The largest absolute Gasteiger partial charge is 0.393 e. The van der Waals surface area contributed by atoms with E-state index in [0.29, 0.717) is 12.4 Å². The molecule has 0 aliphatic heterocycles. The van der Waals surface area contributed by atoms with Crippen molar-refractivity contribution in [2.24, 2.45) is 5.92 Å². The first-order valence-electron chi connectivity index (χ1n) is 8.34. The summed E-state index contributed by atoms with van der Waals surface area (Å²) >= 11 is 0. The van der Waals surface area contributed by atoms with Crippen LogP contribution in [0.15, 0.2) is 30.3 Å². The van der Waals surface area contributed by atoms with E-state index in [4.69, 9.17) is 0 Å². The number of aromatic nitrogens is 4. The maximum Gasteiger partial charge on any atom is 0.248 e. The number of amides is 1. The third-order valence-electron chi connectivity index (χ3n) is 4.67. The van der Waals surface area contributed by atoms with Crippen molar-refractivity contribution in [1.82, 2.24) is 25.1 Å². The number of benzene rings is 1. The van der Waals surface area contributed by atoms with Gasteiger partial charge in [-0.3, -0.25) is 4.79 Å². The number of carbonyl (C=O) groups is 1. The molecule has 7 heteroatoms. The lowest BCUT2D eigenvalue weighted by atomic mass is 10.1. The maximum absolute atomic E-state index is 12.6. The maximum atomic E-state index is 12.6. The number of tetrazole rings is 1. The van der Waals surface area contributed by atoms with Crippen LogP contribution in [0.5, 0.6) is 0 Å². The van der Waals surface area contributed by atoms with Crippen LogP contribution in [0.4, 0.5) is 0 Å². The predicted molar refractivity (Wildman–Crippen MR) is 88.9 cm³/mol. The summed E-state index contributed by atoms with van der Waals surface area (Å²) in [4.78, 5) is 15.6. The molecule has 2 aromatic rings. The zero-order chi connectivity index (χ0) is 17.1. The van der Waals surface area contributed by atoms with Gasteiger partial charge in [-0.15, -0.1) is 10.2 Å². The van der Waals surface area contributed by atoms with E-state index in [1.807, 2.05) is 30.3 Å². The Kier molecular flexibility index (Phi) is 4.89. The minimum atomic E-state index is -0.529. The summed E-state index contributed by atoms with van der Waals surface area (Å²) in [5, 5.41) is 22.3. The molecule has 3 atom stereocenters. The van der Waals surface area contributed by atoms with Crippen LogP contribution in [-0.2, 0) is 4.79 Å². The van der Waals surface area contributed by atoms with E-state index in [9.17, 15) is 9.90 Å². The lowest BCUT2D eigenvalue weighted by Gasteiger charge is -2.25. The minimum Gasteiger partial charge on any atom is -0.393 e. The molecule has 1 amide bonds. The van der Waals surface area contributed by atoms with E-state index >= 15 is 0 Å². The van der Waals surface area contributed by atoms with Crippen molar-refractivity contribution in [2.75, 3.05) is 13.6 Å². The molecule has 1 N–H and O–H groups in total. The zero-order valence-electron chi connectivity index (χ0n) is 14.0. The van der Waals surface area contributed by atoms with E-state index in [0.717, 1.165) is 24.8 Å². The van der Waals surface area contributed by atoms with Crippen LogP contribution in [0.2, 0.25) is 0 Å². The lowest BCUT2D eigenvalue weighted by molar-refractivity contribution is -0.134. The molecule has 1 aromatic carbocycles. The molecule has 0 spiro atoms. The van der Waals surface area contributed by atoms with Gasteiger partial charge in [-0.25, -0.2) is 0 Å². The van der Waals surface area contributed by atoms with Gasteiger partial charge in [0.05, 0.1) is 6.10 Å². The highest BCUT2D eigenvalue weighted by Gasteiger charge is 2.29. The van der Waals surface area contributed by atoms with Crippen LogP contribution in [-0.4, -0.2) is 55.8 Å². The molecule has 1 saturated carbocycles. The predicted octanol–water partition coefficient (Wildman–Crippen LogP) is 1.52. The molecule has 24 heavy (non-hydrogen) atoms. The van der Waals surface area contributed by atoms with Crippen molar-refractivity contribution in [2.45, 2.75) is 38.3 Å². The van der Waals surface area contributed by atoms with E-state index in [1.165, 1.54) is 4.80 Å². The first kappa shape index (κ1) is 16.6. The molecule has 0 radical (unpaired) electrons. The second kappa shape index (κ2) is 7.09. The summed E-state index contributed by atoms with van der Waals surface area (Å²) in [6.07, 6.45) is 2.51. The van der Waals surface area contributed by atoms with Gasteiger partial charge in [0.15, 0.2) is 0 Å². The van der Waals surface area contributed by atoms with E-state index in [2.05, 4.69) is 15.4 Å². The fourth-order valence-corrected chi connectivity index (χ4v) is 3.18. The summed E-state index contributed by atoms with van der Waals surface area (Å²) in [6.45, 7) is 2.32. The van der Waals surface area contributed by atoms with Gasteiger partial charge in [0.2, 0.25) is 11.7 Å². The van der Waals surface area contributed by atoms with Gasteiger partial charge in [-0.2, -0.15) is 4.80 Å². The van der Waals surface area contributed by atoms with Gasteiger partial charge in [0.1, 0.15) is 6.04 Å². The van der Waals surface area contributed by atoms with Crippen LogP contribution >= 0.6 is 0 Å². The monoisotopic (exact) mass is 329 g/mol. The number of aliphatic hydroxyl groups is 1. The fourth-order valence-electron chi connectivity index (χ4n) is 3.18. The second-order valence-electron chi connectivity index (χ2n) is 6.45. The second-order valence-corrected chi connectivity index (χ2v) is 6.45. The van der Waals surface area contributed by atoms with Crippen molar-refractivity contribution in [1.29, 1.82) is 0 Å². The summed E-state index contributed by atoms with van der Waals surface area (Å²) < 4.78 is 0. The molecule has 3 rings (SSSR count). The normalized spacial score (nSPS) is 21.6. The number of hydrogen-bond acceptors (Lipinski definition) is 5. The summed E-state index contributed by atoms with van der Waals surface area (Å²) in [7, 11) is 1.76. The van der Waals surface area contributed by atoms with E-state index in [1.54, 1.807) is 18.9 Å². The Balaban J connectivity index is 1.66. The molecular formula is C17H23N5O2. The number of carbonyl (C=O) groups excluding carboxylic acids is 1. The van der Waals surface area contributed by atoms with E-state index < -0.39 is 6.04 Å². The van der Waals surface area contributed by atoms with Crippen molar-refractivity contribution >= 4 is 5.91 Å². The first-order chi connectivity index (χ1) is 11.6. The zero-order valence-corrected chi connectivity index (χ0v) is 14.0. The highest BCUT2D eigenvalue weighted by atomic mass is 16.3. The number of aliphatic hydroxyl groups excluding tert-OH is 1. The van der Waals surface area contributed by atoms with Gasteiger partial charge in [0.25, 0.3) is 0 Å². The molecule has 128 valence electrons. The summed E-state index contributed by atoms with van der Waals surface area (Å²) in [5.74, 6) is 0.588. The summed E-state index contributed by atoms with van der Waals surface area (Å²) in [5.41, 5.74) is 0.867. The highest BCUT2D eigenvalue weighted by Crippen LogP contribution is 2.26. The van der Waals surface area contributed by atoms with Gasteiger partial charge < -0.3 is 10.0 Å². The van der Waals surface area contributed by atoms with Crippen molar-refractivity contribution in [3.63, 3.8) is 0 Å². The van der Waals surface area contributed by atoms with Gasteiger partial charge in [-0.05, 0) is 25.0 Å². The Bertz CT molecular complexity index is 687. The van der Waals surface area contributed by atoms with Crippen molar-refractivity contribution < 1.29 is 9.90 Å². The Morgan fingerprint density at radius 2 is 2.12 bits per heavy atom. The fraction of sp³-hybridized carbons (Fsp3) is 0.529. The lowest BCUT2D eigenvalue weighted by Crippen LogP contribution is -2.38. The quantitative estimate of drug-likeness (QED) is 0.899. The first-order valence-corrected chi connectivity index (χ1v) is 8.34. The van der Waals surface area contributed by atoms with Gasteiger partial charge in [-0.1, -0.05) is 36.8 Å². The van der Waals surface area contributed by atoms with Crippen LogP contribution in [0, 0.1) is 5.92 Å². The third-order valence-corrected chi connectivity index (χ3v) is 4.67. The Morgan fingerprint density at radius 1 is 1.38 bits per heavy atom. The smallest absolute Gasteiger partial charge is 0.248 e. The molecular weight excluding hydrogens is 306 g/mol. The molecule has 0 saturated heterocycles. The van der Waals surface area contributed by atoms with Crippen LogP contribution in [0.1, 0.15) is 32.2 Å². The van der Waals surface area contributed by atoms with Gasteiger partial charge >= 0.3 is 0 Å². The molecule has 7 nitrogen and oxygen atoms in total. The topological polar surface area (TPSA) is 84.1 Å². The third kappa shape index (κ3) is 3.46. The van der Waals surface area contributed by atoms with Crippen LogP contribution in [0.3, 0.4) is 0 Å². The van der Waals surface area contributed by atoms with E-state index in [-0.39, 0.29) is 17.9 Å². The molecule has 1 aliphatic rings. The molecule has 0 bridgehead atoms. The highest BCUT2D eigenvalue weighted by molar-refractivity contribution is 5.79.